The van der Waals surface area contributed by atoms with Gasteiger partial charge in [-0.2, -0.15) is 0 Å². The first-order valence-corrected chi connectivity index (χ1v) is 10.7. The molecule has 0 aromatic heterocycles. The Bertz CT molecular complexity index is 926. The van der Waals surface area contributed by atoms with Gasteiger partial charge in [-0.3, -0.25) is 4.79 Å². The van der Waals surface area contributed by atoms with Crippen molar-refractivity contribution in [2.45, 2.75) is 4.90 Å². The zero-order valence-electron chi connectivity index (χ0n) is 15.5. The quantitative estimate of drug-likeness (QED) is 0.768. The summed E-state index contributed by atoms with van der Waals surface area (Å²) in [5.41, 5.74) is 0.987. The molecule has 1 aliphatic rings. The molecule has 28 heavy (non-hydrogen) atoms. The van der Waals surface area contributed by atoms with Gasteiger partial charge in [0.1, 0.15) is 5.75 Å². The van der Waals surface area contributed by atoms with Gasteiger partial charge in [0, 0.05) is 31.2 Å². The van der Waals surface area contributed by atoms with Crippen LogP contribution in [0.25, 0.3) is 0 Å². The van der Waals surface area contributed by atoms with Crippen molar-refractivity contribution in [2.24, 2.45) is 0 Å². The van der Waals surface area contributed by atoms with E-state index in [1.807, 2.05) is 24.3 Å². The second-order valence-electron chi connectivity index (χ2n) is 6.32. The van der Waals surface area contributed by atoms with Gasteiger partial charge >= 0.3 is 0 Å². The molecule has 1 N–H and O–H groups in total. The molecule has 9 heteroatoms. The summed E-state index contributed by atoms with van der Waals surface area (Å²) in [7, 11) is -2.13. The van der Waals surface area contributed by atoms with Crippen LogP contribution in [0.1, 0.15) is 0 Å². The van der Waals surface area contributed by atoms with Crippen molar-refractivity contribution < 1.29 is 17.9 Å². The van der Waals surface area contributed by atoms with Crippen LogP contribution in [-0.4, -0.2) is 59.1 Å². The Labute approximate surface area is 169 Å². The first-order chi connectivity index (χ1) is 13.4. The highest BCUT2D eigenvalue weighted by molar-refractivity contribution is 7.89. The number of hydrogen-bond donors (Lipinski definition) is 1. The molecule has 0 radical (unpaired) electrons. The summed E-state index contributed by atoms with van der Waals surface area (Å²) in [5, 5.41) is 0.447. The van der Waals surface area contributed by atoms with Crippen molar-refractivity contribution in [1.82, 2.24) is 9.62 Å². The normalized spacial score (nSPS) is 14.8. The molecule has 0 aliphatic carbocycles. The highest BCUT2D eigenvalue weighted by Gasteiger charge is 2.24. The Morgan fingerprint density at radius 2 is 1.71 bits per heavy atom. The van der Waals surface area contributed by atoms with Gasteiger partial charge in [0.2, 0.25) is 15.9 Å². The van der Waals surface area contributed by atoms with E-state index in [-0.39, 0.29) is 17.3 Å². The number of para-hydroxylation sites is 2. The zero-order valence-corrected chi connectivity index (χ0v) is 17.0. The fourth-order valence-corrected chi connectivity index (χ4v) is 4.15. The summed E-state index contributed by atoms with van der Waals surface area (Å²) in [4.78, 5) is 16.3. The van der Waals surface area contributed by atoms with Crippen LogP contribution in [0.4, 0.5) is 5.69 Å². The van der Waals surface area contributed by atoms with Crippen LogP contribution in [0.3, 0.4) is 0 Å². The van der Waals surface area contributed by atoms with Gasteiger partial charge in [0.25, 0.3) is 0 Å². The second kappa shape index (κ2) is 8.81. The van der Waals surface area contributed by atoms with Crippen LogP contribution in [-0.2, 0) is 14.8 Å². The summed E-state index contributed by atoms with van der Waals surface area (Å²) in [6.45, 7) is 2.05. The molecule has 0 bridgehead atoms. The molecule has 1 fully saturated rings. The van der Waals surface area contributed by atoms with Crippen LogP contribution >= 0.6 is 11.6 Å². The number of rotatable bonds is 6. The average Bonchev–Trinajstić information content (AvgIpc) is 2.72. The number of ether oxygens (including phenoxy) is 1. The number of nitrogens with zero attached hydrogens (tertiary/aromatic N) is 2. The Kier molecular flexibility index (Phi) is 6.43. The van der Waals surface area contributed by atoms with Crippen molar-refractivity contribution >= 4 is 33.2 Å². The fraction of sp³-hybridized carbons (Fsp3) is 0.316. The number of piperazine rings is 1. The summed E-state index contributed by atoms with van der Waals surface area (Å²) in [6, 6.07) is 13.5. The standard InChI is InChI=1S/C19H22ClN3O4S/c1-27-18-5-3-2-4-17(18)22-10-12-23(13-11-22)19(24)14-21-28(25,26)16-8-6-15(20)7-9-16/h2-9,21H,10-14H2,1H3. The number of benzene rings is 2. The summed E-state index contributed by atoms with van der Waals surface area (Å²) in [6.07, 6.45) is 0. The van der Waals surface area contributed by atoms with E-state index in [9.17, 15) is 13.2 Å². The Balaban J connectivity index is 1.55. The lowest BCUT2D eigenvalue weighted by molar-refractivity contribution is -0.130. The molecule has 0 saturated carbocycles. The SMILES string of the molecule is COc1ccccc1N1CCN(C(=O)CNS(=O)(=O)c2ccc(Cl)cc2)CC1. The van der Waals surface area contributed by atoms with Crippen LogP contribution in [0.5, 0.6) is 5.75 Å². The lowest BCUT2D eigenvalue weighted by Gasteiger charge is -2.36. The number of hydrogen-bond acceptors (Lipinski definition) is 5. The molecule has 1 heterocycles. The van der Waals surface area contributed by atoms with Gasteiger partial charge < -0.3 is 14.5 Å². The minimum absolute atomic E-state index is 0.0747. The van der Waals surface area contributed by atoms with E-state index in [1.165, 1.54) is 24.3 Å². The molecular formula is C19H22ClN3O4S. The van der Waals surface area contributed by atoms with E-state index < -0.39 is 10.0 Å². The number of halogens is 1. The molecule has 0 atom stereocenters. The van der Waals surface area contributed by atoms with E-state index in [0.717, 1.165) is 11.4 Å². The van der Waals surface area contributed by atoms with Gasteiger partial charge in [-0.15, -0.1) is 0 Å². The molecule has 150 valence electrons. The lowest BCUT2D eigenvalue weighted by Crippen LogP contribution is -2.51. The number of sulfonamides is 1. The highest BCUT2D eigenvalue weighted by Crippen LogP contribution is 2.28. The zero-order chi connectivity index (χ0) is 20.1. The van der Waals surface area contributed by atoms with E-state index in [0.29, 0.717) is 31.2 Å². The first kappa shape index (κ1) is 20.4. The maximum Gasteiger partial charge on any atom is 0.241 e. The molecule has 2 aromatic carbocycles. The highest BCUT2D eigenvalue weighted by atomic mass is 35.5. The number of carbonyl (C=O) groups excluding carboxylic acids is 1. The van der Waals surface area contributed by atoms with Crippen molar-refractivity contribution in [2.75, 3.05) is 44.7 Å². The predicted octanol–water partition coefficient (Wildman–Crippen LogP) is 1.98. The molecule has 2 aromatic rings. The third kappa shape index (κ3) is 4.76. The van der Waals surface area contributed by atoms with E-state index in [4.69, 9.17) is 16.3 Å². The Morgan fingerprint density at radius 1 is 1.07 bits per heavy atom. The van der Waals surface area contributed by atoms with Gasteiger partial charge in [-0.1, -0.05) is 23.7 Å². The topological polar surface area (TPSA) is 79.0 Å². The number of amides is 1. The minimum atomic E-state index is -3.76. The second-order valence-corrected chi connectivity index (χ2v) is 8.52. The molecular weight excluding hydrogens is 402 g/mol. The Hall–Kier alpha value is -2.29. The average molecular weight is 424 g/mol. The smallest absolute Gasteiger partial charge is 0.241 e. The van der Waals surface area contributed by atoms with E-state index in [1.54, 1.807) is 12.0 Å². The molecule has 0 spiro atoms. The minimum Gasteiger partial charge on any atom is -0.495 e. The molecule has 0 unspecified atom stereocenters. The number of nitrogens with one attached hydrogen (secondary N) is 1. The van der Waals surface area contributed by atoms with Gasteiger partial charge in [0.15, 0.2) is 0 Å². The third-order valence-corrected chi connectivity index (χ3v) is 6.26. The lowest BCUT2D eigenvalue weighted by atomic mass is 10.2. The summed E-state index contributed by atoms with van der Waals surface area (Å²) >= 11 is 5.78. The maximum absolute atomic E-state index is 12.4. The molecule has 1 amide bonds. The molecule has 1 aliphatic heterocycles. The fourth-order valence-electron chi connectivity index (χ4n) is 3.05. The van der Waals surface area contributed by atoms with Crippen molar-refractivity contribution in [3.63, 3.8) is 0 Å². The van der Waals surface area contributed by atoms with Crippen LogP contribution in [0, 0.1) is 0 Å². The molecule has 7 nitrogen and oxygen atoms in total. The van der Waals surface area contributed by atoms with Crippen LogP contribution < -0.4 is 14.4 Å². The third-order valence-electron chi connectivity index (χ3n) is 4.60. The number of carbonyl (C=O) groups is 1. The number of anilines is 1. The molecule has 3 rings (SSSR count). The first-order valence-electron chi connectivity index (χ1n) is 8.82. The van der Waals surface area contributed by atoms with Gasteiger partial charge in [-0.05, 0) is 36.4 Å². The van der Waals surface area contributed by atoms with E-state index >= 15 is 0 Å². The maximum atomic E-state index is 12.4. The monoisotopic (exact) mass is 423 g/mol. The van der Waals surface area contributed by atoms with Crippen LogP contribution in [0.2, 0.25) is 5.02 Å². The summed E-state index contributed by atoms with van der Waals surface area (Å²) < 4.78 is 32.3. The Morgan fingerprint density at radius 3 is 2.36 bits per heavy atom. The van der Waals surface area contributed by atoms with Crippen LogP contribution in [0.15, 0.2) is 53.4 Å². The molecule has 1 saturated heterocycles. The van der Waals surface area contributed by atoms with Crippen molar-refractivity contribution in [1.29, 1.82) is 0 Å². The van der Waals surface area contributed by atoms with Crippen molar-refractivity contribution in [3.05, 3.63) is 53.6 Å². The van der Waals surface area contributed by atoms with Gasteiger partial charge in [-0.25, -0.2) is 13.1 Å². The summed E-state index contributed by atoms with van der Waals surface area (Å²) in [5.74, 6) is 0.537. The largest absolute Gasteiger partial charge is 0.495 e. The predicted molar refractivity (Wildman–Crippen MR) is 108 cm³/mol. The number of methoxy groups -OCH3 is 1. The van der Waals surface area contributed by atoms with Gasteiger partial charge in [0.05, 0.1) is 24.2 Å². The van der Waals surface area contributed by atoms with Crippen molar-refractivity contribution in [3.8, 4) is 5.75 Å². The van der Waals surface area contributed by atoms with E-state index in [2.05, 4.69) is 9.62 Å².